The lowest BCUT2D eigenvalue weighted by molar-refractivity contribution is -0.119. The molecule has 7 nitrogen and oxygen atoms in total. The average Bonchev–Trinajstić information content (AvgIpc) is 3.13. The number of hydrogen-bond acceptors (Lipinski definition) is 6. The topological polar surface area (TPSA) is 101 Å². The second-order valence-electron chi connectivity index (χ2n) is 5.46. The molecule has 1 atom stereocenters. The van der Waals surface area contributed by atoms with E-state index in [0.717, 1.165) is 10.6 Å². The van der Waals surface area contributed by atoms with Crippen molar-refractivity contribution in [3.05, 3.63) is 40.9 Å². The van der Waals surface area contributed by atoms with Crippen LogP contribution in [0.1, 0.15) is 17.0 Å². The van der Waals surface area contributed by atoms with Gasteiger partial charge in [0, 0.05) is 11.3 Å². The van der Waals surface area contributed by atoms with Crippen molar-refractivity contribution in [2.75, 3.05) is 10.3 Å². The Morgan fingerprint density at radius 3 is 2.58 bits per heavy atom. The van der Waals surface area contributed by atoms with Crippen molar-refractivity contribution in [3.8, 4) is 0 Å². The van der Waals surface area contributed by atoms with Gasteiger partial charge in [0.25, 0.3) is 5.91 Å². The third kappa shape index (κ3) is 3.13. The van der Waals surface area contributed by atoms with E-state index in [1.54, 1.807) is 0 Å². The summed E-state index contributed by atoms with van der Waals surface area (Å²) in [4.78, 5) is 29.5. The Hall–Kier alpha value is -2.74. The third-order valence-electron chi connectivity index (χ3n) is 3.77. The van der Waals surface area contributed by atoms with Crippen molar-refractivity contribution in [1.82, 2.24) is 4.98 Å². The van der Waals surface area contributed by atoms with Crippen molar-refractivity contribution in [1.29, 1.82) is 0 Å². The molecule has 1 aliphatic heterocycles. The molecule has 2 heterocycles. The van der Waals surface area contributed by atoms with Gasteiger partial charge in [-0.15, -0.1) is 11.3 Å². The quantitative estimate of drug-likeness (QED) is 0.884. The first-order valence-corrected chi connectivity index (χ1v) is 8.24. The largest absolute Gasteiger partial charge is 0.368 e. The van der Waals surface area contributed by atoms with E-state index in [0.29, 0.717) is 10.8 Å². The molecular formula is C16H17N5O2S. The number of aryl methyl sites for hydroxylation is 2. The van der Waals surface area contributed by atoms with Crippen LogP contribution in [0.15, 0.2) is 35.4 Å². The van der Waals surface area contributed by atoms with Crippen LogP contribution in [0.25, 0.3) is 0 Å². The number of rotatable bonds is 4. The molecule has 24 heavy (non-hydrogen) atoms. The number of thiazole rings is 1. The second-order valence-corrected chi connectivity index (χ2v) is 6.67. The number of primary amides is 1. The van der Waals surface area contributed by atoms with Gasteiger partial charge in [0.1, 0.15) is 11.8 Å². The first-order chi connectivity index (χ1) is 11.5. The molecule has 0 aliphatic carbocycles. The van der Waals surface area contributed by atoms with Crippen LogP contribution >= 0.6 is 11.3 Å². The fourth-order valence-corrected chi connectivity index (χ4v) is 3.19. The summed E-state index contributed by atoms with van der Waals surface area (Å²) >= 11 is 1.40. The Labute approximate surface area is 143 Å². The zero-order chi connectivity index (χ0) is 17.3. The number of nitrogens with zero attached hydrogens (tertiary/aromatic N) is 3. The molecular weight excluding hydrogens is 326 g/mol. The van der Waals surface area contributed by atoms with E-state index < -0.39 is 11.9 Å². The van der Waals surface area contributed by atoms with Gasteiger partial charge in [-0.1, -0.05) is 18.2 Å². The standard InChI is InChI=1S/C16H17N5O2S/c1-9-10(2)24-16(18-9)19-15(23)12-8-13(14(17)22)21(20-12)11-6-4-3-5-7-11/h3-7,13H,8H2,1-2H3,(H2,17,22)(H,18,19,23)/t13-/m1/s1. The van der Waals surface area contributed by atoms with Crippen LogP contribution in [0.4, 0.5) is 10.8 Å². The Balaban J connectivity index is 1.82. The lowest BCUT2D eigenvalue weighted by atomic mass is 10.1. The molecule has 0 saturated heterocycles. The molecule has 0 fully saturated rings. The number of amides is 2. The molecule has 124 valence electrons. The number of nitrogens with two attached hydrogens (primary N) is 1. The van der Waals surface area contributed by atoms with Crippen molar-refractivity contribution in [3.63, 3.8) is 0 Å². The summed E-state index contributed by atoms with van der Waals surface area (Å²) < 4.78 is 0. The van der Waals surface area contributed by atoms with Crippen LogP contribution in [0.2, 0.25) is 0 Å². The van der Waals surface area contributed by atoms with Crippen molar-refractivity contribution >= 4 is 39.7 Å². The van der Waals surface area contributed by atoms with Crippen LogP contribution in [-0.2, 0) is 9.59 Å². The normalized spacial score (nSPS) is 16.8. The molecule has 3 rings (SSSR count). The van der Waals surface area contributed by atoms with Gasteiger partial charge in [-0.2, -0.15) is 5.10 Å². The monoisotopic (exact) mass is 343 g/mol. The smallest absolute Gasteiger partial charge is 0.273 e. The maximum atomic E-state index is 12.4. The zero-order valence-corrected chi connectivity index (χ0v) is 14.1. The minimum absolute atomic E-state index is 0.166. The van der Waals surface area contributed by atoms with Gasteiger partial charge >= 0.3 is 0 Å². The molecule has 1 aliphatic rings. The van der Waals surface area contributed by atoms with E-state index in [4.69, 9.17) is 5.73 Å². The number of benzene rings is 1. The van der Waals surface area contributed by atoms with E-state index in [-0.39, 0.29) is 18.0 Å². The highest BCUT2D eigenvalue weighted by molar-refractivity contribution is 7.15. The summed E-state index contributed by atoms with van der Waals surface area (Å²) in [7, 11) is 0. The summed E-state index contributed by atoms with van der Waals surface area (Å²) in [6, 6.07) is 8.49. The van der Waals surface area contributed by atoms with Gasteiger partial charge in [-0.3, -0.25) is 19.9 Å². The van der Waals surface area contributed by atoms with E-state index in [1.807, 2.05) is 44.2 Å². The molecule has 1 aromatic carbocycles. The maximum absolute atomic E-state index is 12.4. The lowest BCUT2D eigenvalue weighted by Crippen LogP contribution is -2.39. The van der Waals surface area contributed by atoms with Gasteiger partial charge in [0.2, 0.25) is 5.91 Å². The van der Waals surface area contributed by atoms with Gasteiger partial charge in [-0.25, -0.2) is 4.98 Å². The molecule has 0 spiro atoms. The number of hydrazone groups is 1. The van der Waals surface area contributed by atoms with Crippen molar-refractivity contribution < 1.29 is 9.59 Å². The molecule has 3 N–H and O–H groups in total. The third-order valence-corrected chi connectivity index (χ3v) is 4.76. The van der Waals surface area contributed by atoms with Crippen LogP contribution in [0, 0.1) is 13.8 Å². The molecule has 8 heteroatoms. The molecule has 2 aromatic rings. The number of hydrogen-bond donors (Lipinski definition) is 2. The van der Waals surface area contributed by atoms with Crippen LogP contribution in [0.5, 0.6) is 0 Å². The highest BCUT2D eigenvalue weighted by atomic mass is 32.1. The summed E-state index contributed by atoms with van der Waals surface area (Å²) in [6.07, 6.45) is 0.166. The van der Waals surface area contributed by atoms with Gasteiger partial charge in [-0.05, 0) is 26.0 Å². The molecule has 2 amide bonds. The minimum Gasteiger partial charge on any atom is -0.368 e. The van der Waals surface area contributed by atoms with E-state index in [9.17, 15) is 9.59 Å². The molecule has 0 unspecified atom stereocenters. The van der Waals surface area contributed by atoms with Gasteiger partial charge in [0.05, 0.1) is 11.4 Å². The zero-order valence-electron chi connectivity index (χ0n) is 13.3. The SMILES string of the molecule is Cc1nc(NC(=O)C2=NN(c3ccccc3)[C@@H](C(N)=O)C2)sc1C. The van der Waals surface area contributed by atoms with Crippen LogP contribution < -0.4 is 16.1 Å². The Kier molecular flexibility index (Phi) is 4.30. The summed E-state index contributed by atoms with van der Waals surface area (Å²) in [5, 5.41) is 9.05. The number of carbonyl (C=O) groups excluding carboxylic acids is 2. The fraction of sp³-hybridized carbons (Fsp3) is 0.250. The van der Waals surface area contributed by atoms with Gasteiger partial charge in [0.15, 0.2) is 5.13 Å². The van der Waals surface area contributed by atoms with E-state index in [2.05, 4.69) is 15.4 Å². The molecule has 0 saturated carbocycles. The number of anilines is 2. The lowest BCUT2D eigenvalue weighted by Gasteiger charge is -2.20. The van der Waals surface area contributed by atoms with Crippen LogP contribution in [-0.4, -0.2) is 28.6 Å². The predicted molar refractivity (Wildman–Crippen MR) is 94.2 cm³/mol. The fourth-order valence-electron chi connectivity index (χ4n) is 2.38. The average molecular weight is 343 g/mol. The summed E-state index contributed by atoms with van der Waals surface area (Å²) in [6.45, 7) is 3.82. The number of nitrogens with one attached hydrogen (secondary N) is 1. The number of aromatic nitrogens is 1. The second kappa shape index (κ2) is 6.40. The van der Waals surface area contributed by atoms with Gasteiger partial charge < -0.3 is 5.73 Å². The molecule has 0 bridgehead atoms. The highest BCUT2D eigenvalue weighted by Crippen LogP contribution is 2.26. The van der Waals surface area contributed by atoms with Crippen molar-refractivity contribution in [2.45, 2.75) is 26.3 Å². The maximum Gasteiger partial charge on any atom is 0.273 e. The first-order valence-electron chi connectivity index (χ1n) is 7.42. The Morgan fingerprint density at radius 1 is 1.29 bits per heavy atom. The summed E-state index contributed by atoms with van der Waals surface area (Å²) in [5.41, 5.74) is 7.32. The number of para-hydroxylation sites is 1. The minimum atomic E-state index is -0.673. The first kappa shape index (κ1) is 16.1. The highest BCUT2D eigenvalue weighted by Gasteiger charge is 2.35. The van der Waals surface area contributed by atoms with Crippen LogP contribution in [0.3, 0.4) is 0 Å². The van der Waals surface area contributed by atoms with Crippen molar-refractivity contribution in [2.24, 2.45) is 10.8 Å². The Bertz CT molecular complexity index is 796. The van der Waals surface area contributed by atoms with E-state index in [1.165, 1.54) is 16.3 Å². The Morgan fingerprint density at radius 2 is 2.00 bits per heavy atom. The predicted octanol–water partition coefficient (Wildman–Crippen LogP) is 1.82. The summed E-state index contributed by atoms with van der Waals surface area (Å²) in [5.74, 6) is -0.889. The molecule has 1 aromatic heterocycles. The number of carbonyl (C=O) groups is 2. The van der Waals surface area contributed by atoms with E-state index >= 15 is 0 Å². The molecule has 0 radical (unpaired) electrons.